The SMILES string of the molecule is O=C1C(=Nc2ccc(F)cc2F)CC(c2ccccc2)N1c1ccc(F)cc1F. The summed E-state index contributed by atoms with van der Waals surface area (Å²) in [4.78, 5) is 18.3. The standard InChI is InChI=1S/C22H14F4N2O/c23-14-6-8-18(16(25)10-14)27-19-12-21(13-4-2-1-3-5-13)28(22(19)29)20-9-7-15(24)11-17(20)26/h1-11,21H,12H2. The van der Waals surface area contributed by atoms with Crippen LogP contribution in [0.1, 0.15) is 18.0 Å². The second-order valence-corrected chi connectivity index (χ2v) is 6.56. The lowest BCUT2D eigenvalue weighted by Gasteiger charge is -2.25. The molecule has 146 valence electrons. The highest BCUT2D eigenvalue weighted by Gasteiger charge is 2.39. The van der Waals surface area contributed by atoms with Crippen molar-refractivity contribution in [1.82, 2.24) is 0 Å². The van der Waals surface area contributed by atoms with Crippen molar-refractivity contribution in [2.75, 3.05) is 4.90 Å². The minimum Gasteiger partial charge on any atom is -0.297 e. The van der Waals surface area contributed by atoms with Gasteiger partial charge in [-0.15, -0.1) is 0 Å². The number of amides is 1. The fourth-order valence-corrected chi connectivity index (χ4v) is 3.35. The van der Waals surface area contributed by atoms with Crippen LogP contribution in [0.25, 0.3) is 0 Å². The highest BCUT2D eigenvalue weighted by atomic mass is 19.1. The van der Waals surface area contributed by atoms with Gasteiger partial charge in [0.05, 0.1) is 17.4 Å². The Morgan fingerprint density at radius 2 is 1.48 bits per heavy atom. The molecule has 0 radical (unpaired) electrons. The predicted octanol–water partition coefficient (Wildman–Crippen LogP) is 5.49. The molecule has 1 saturated heterocycles. The van der Waals surface area contributed by atoms with E-state index in [0.29, 0.717) is 17.7 Å². The molecule has 0 spiro atoms. The summed E-state index contributed by atoms with van der Waals surface area (Å²) in [5.74, 6) is -3.97. The first kappa shape index (κ1) is 18.9. The number of aliphatic imine (C=N–C) groups is 1. The minimum atomic E-state index is -0.909. The van der Waals surface area contributed by atoms with Crippen molar-refractivity contribution in [3.05, 3.63) is 95.6 Å². The highest BCUT2D eigenvalue weighted by molar-refractivity contribution is 6.46. The van der Waals surface area contributed by atoms with E-state index in [9.17, 15) is 22.4 Å². The van der Waals surface area contributed by atoms with Crippen LogP contribution < -0.4 is 4.90 Å². The van der Waals surface area contributed by atoms with Crippen molar-refractivity contribution in [2.24, 2.45) is 4.99 Å². The molecule has 1 aliphatic heterocycles. The van der Waals surface area contributed by atoms with Gasteiger partial charge in [0.15, 0.2) is 5.82 Å². The van der Waals surface area contributed by atoms with Gasteiger partial charge in [-0.25, -0.2) is 22.6 Å². The van der Waals surface area contributed by atoms with Gasteiger partial charge in [-0.05, 0) is 29.8 Å². The summed E-state index contributed by atoms with van der Waals surface area (Å²) in [6.07, 6.45) is 0.0798. The molecular formula is C22H14F4N2O. The van der Waals surface area contributed by atoms with Crippen LogP contribution in [0.2, 0.25) is 0 Å². The molecule has 1 unspecified atom stereocenters. The second-order valence-electron chi connectivity index (χ2n) is 6.56. The van der Waals surface area contributed by atoms with E-state index in [0.717, 1.165) is 18.2 Å². The lowest BCUT2D eigenvalue weighted by molar-refractivity contribution is -0.112. The Bertz CT molecular complexity index is 1120. The summed E-state index contributed by atoms with van der Waals surface area (Å²) in [6.45, 7) is 0. The van der Waals surface area contributed by atoms with Crippen molar-refractivity contribution >= 4 is 23.0 Å². The molecule has 1 aliphatic rings. The molecule has 29 heavy (non-hydrogen) atoms. The quantitative estimate of drug-likeness (QED) is 0.537. The van der Waals surface area contributed by atoms with Crippen molar-refractivity contribution in [1.29, 1.82) is 0 Å². The molecular weight excluding hydrogens is 384 g/mol. The zero-order valence-corrected chi connectivity index (χ0v) is 14.9. The summed E-state index contributed by atoms with van der Waals surface area (Å²) in [7, 11) is 0. The largest absolute Gasteiger partial charge is 0.297 e. The smallest absolute Gasteiger partial charge is 0.273 e. The second kappa shape index (κ2) is 7.50. The fraction of sp³-hybridized carbons (Fsp3) is 0.0909. The summed E-state index contributed by atoms with van der Waals surface area (Å²) < 4.78 is 55.0. The number of hydrogen-bond donors (Lipinski definition) is 0. The molecule has 1 heterocycles. The molecule has 3 aromatic carbocycles. The van der Waals surface area contributed by atoms with Gasteiger partial charge in [0.1, 0.15) is 23.2 Å². The van der Waals surface area contributed by atoms with Crippen LogP contribution in [0.3, 0.4) is 0 Å². The maximum absolute atomic E-state index is 14.5. The van der Waals surface area contributed by atoms with Crippen LogP contribution in [0.15, 0.2) is 71.7 Å². The number of anilines is 1. The van der Waals surface area contributed by atoms with Crippen molar-refractivity contribution in [3.63, 3.8) is 0 Å². The summed E-state index contributed by atoms with van der Waals surface area (Å²) in [5, 5.41) is 0. The molecule has 0 N–H and O–H groups in total. The molecule has 0 aliphatic carbocycles. The Morgan fingerprint density at radius 3 is 2.14 bits per heavy atom. The Hall–Kier alpha value is -3.48. The Morgan fingerprint density at radius 1 is 0.828 bits per heavy atom. The first-order chi connectivity index (χ1) is 13.9. The topological polar surface area (TPSA) is 32.7 Å². The number of carbonyl (C=O) groups is 1. The predicted molar refractivity (Wildman–Crippen MR) is 101 cm³/mol. The zero-order chi connectivity index (χ0) is 20.5. The molecule has 1 amide bonds. The molecule has 4 rings (SSSR count). The van der Waals surface area contributed by atoms with E-state index in [1.54, 1.807) is 30.3 Å². The molecule has 7 heteroatoms. The summed E-state index contributed by atoms with van der Waals surface area (Å²) >= 11 is 0. The molecule has 0 bridgehead atoms. The number of hydrogen-bond acceptors (Lipinski definition) is 2. The van der Waals surface area contributed by atoms with Gasteiger partial charge in [0.25, 0.3) is 5.91 Å². The van der Waals surface area contributed by atoms with Gasteiger partial charge < -0.3 is 0 Å². The Balaban J connectivity index is 1.81. The van der Waals surface area contributed by atoms with Crippen LogP contribution in [0.4, 0.5) is 28.9 Å². The van der Waals surface area contributed by atoms with Gasteiger partial charge in [-0.1, -0.05) is 30.3 Å². The average molecular weight is 398 g/mol. The molecule has 1 fully saturated rings. The van der Waals surface area contributed by atoms with Crippen molar-refractivity contribution < 1.29 is 22.4 Å². The monoisotopic (exact) mass is 398 g/mol. The average Bonchev–Trinajstić information content (AvgIpc) is 3.01. The molecule has 3 aromatic rings. The molecule has 0 saturated carbocycles. The minimum absolute atomic E-state index is 0.00640. The lowest BCUT2D eigenvalue weighted by atomic mass is 10.0. The Labute approximate surface area is 163 Å². The summed E-state index contributed by atoms with van der Waals surface area (Å²) in [5.41, 5.74) is 0.417. The van der Waals surface area contributed by atoms with Crippen molar-refractivity contribution in [2.45, 2.75) is 12.5 Å². The number of benzene rings is 3. The number of rotatable bonds is 3. The number of halogens is 4. The maximum Gasteiger partial charge on any atom is 0.273 e. The van der Waals surface area contributed by atoms with Gasteiger partial charge in [-0.2, -0.15) is 0 Å². The van der Waals surface area contributed by atoms with Crippen LogP contribution >= 0.6 is 0 Å². The van der Waals surface area contributed by atoms with Gasteiger partial charge in [0, 0.05) is 18.6 Å². The molecule has 0 aromatic heterocycles. The fourth-order valence-electron chi connectivity index (χ4n) is 3.35. The van der Waals surface area contributed by atoms with Gasteiger partial charge in [0.2, 0.25) is 0 Å². The van der Waals surface area contributed by atoms with Gasteiger partial charge >= 0.3 is 0 Å². The van der Waals surface area contributed by atoms with E-state index in [2.05, 4.69) is 4.99 Å². The van der Waals surface area contributed by atoms with Crippen LogP contribution in [-0.2, 0) is 4.79 Å². The lowest BCUT2D eigenvalue weighted by Crippen LogP contribution is -2.30. The third-order valence-corrected chi connectivity index (χ3v) is 4.68. The summed E-state index contributed by atoms with van der Waals surface area (Å²) in [6, 6.07) is 14.0. The number of carbonyl (C=O) groups excluding carboxylic acids is 1. The highest BCUT2D eigenvalue weighted by Crippen LogP contribution is 2.38. The zero-order valence-electron chi connectivity index (χ0n) is 14.9. The first-order valence-corrected chi connectivity index (χ1v) is 8.80. The van der Waals surface area contributed by atoms with Crippen LogP contribution in [0.5, 0.6) is 0 Å². The van der Waals surface area contributed by atoms with Crippen molar-refractivity contribution in [3.8, 4) is 0 Å². The van der Waals surface area contributed by atoms with Crippen LogP contribution in [-0.4, -0.2) is 11.6 Å². The third kappa shape index (κ3) is 3.63. The molecule has 1 atom stereocenters. The maximum atomic E-state index is 14.5. The van der Waals surface area contributed by atoms with E-state index in [-0.39, 0.29) is 23.5 Å². The van der Waals surface area contributed by atoms with E-state index in [1.165, 1.54) is 11.0 Å². The third-order valence-electron chi connectivity index (χ3n) is 4.68. The van der Waals surface area contributed by atoms with E-state index < -0.39 is 35.2 Å². The van der Waals surface area contributed by atoms with E-state index in [4.69, 9.17) is 0 Å². The first-order valence-electron chi connectivity index (χ1n) is 8.80. The normalized spacial score (nSPS) is 17.9. The number of nitrogens with zero attached hydrogens (tertiary/aromatic N) is 2. The Kier molecular flexibility index (Phi) is 4.88. The van der Waals surface area contributed by atoms with E-state index in [1.807, 2.05) is 0 Å². The van der Waals surface area contributed by atoms with Crippen LogP contribution in [0, 0.1) is 23.3 Å². The van der Waals surface area contributed by atoms with Gasteiger partial charge in [-0.3, -0.25) is 9.69 Å². The van der Waals surface area contributed by atoms with E-state index >= 15 is 0 Å². The molecule has 3 nitrogen and oxygen atoms in total.